The van der Waals surface area contributed by atoms with Crippen molar-refractivity contribution < 1.29 is 57.2 Å². The van der Waals surface area contributed by atoms with Crippen LogP contribution in [-0.4, -0.2) is 88.3 Å². The van der Waals surface area contributed by atoms with Gasteiger partial charge in [-0.1, -0.05) is 97.1 Å². The summed E-state index contributed by atoms with van der Waals surface area (Å²) in [5.41, 5.74) is 3.27. The lowest BCUT2D eigenvalue weighted by molar-refractivity contribution is -0.159. The van der Waals surface area contributed by atoms with Gasteiger partial charge in [-0.05, 0) is 37.1 Å². The molecule has 0 aliphatic rings. The summed E-state index contributed by atoms with van der Waals surface area (Å²) in [5, 5.41) is 0. The minimum Gasteiger partial charge on any atom is -0.463 e. The van der Waals surface area contributed by atoms with Crippen molar-refractivity contribution in [3.8, 4) is 0 Å². The van der Waals surface area contributed by atoms with Gasteiger partial charge in [-0.25, -0.2) is 9.59 Å². The summed E-state index contributed by atoms with van der Waals surface area (Å²) in [6.07, 6.45) is 0. The van der Waals surface area contributed by atoms with Crippen LogP contribution in [0.25, 0.3) is 0 Å². The molecule has 0 aliphatic carbocycles. The van der Waals surface area contributed by atoms with Crippen molar-refractivity contribution in [2.75, 3.05) is 52.9 Å². The second kappa shape index (κ2) is 21.5. The van der Waals surface area contributed by atoms with Crippen molar-refractivity contribution >= 4 is 35.4 Å². The zero-order valence-electron chi connectivity index (χ0n) is 30.1. The lowest BCUT2D eigenvalue weighted by Gasteiger charge is -2.13. The number of carbonyl (C=O) groups is 6. The van der Waals surface area contributed by atoms with Gasteiger partial charge >= 0.3 is 23.9 Å². The van der Waals surface area contributed by atoms with Gasteiger partial charge in [-0.2, -0.15) is 0 Å². The first-order chi connectivity index (χ1) is 26.1. The molecule has 0 radical (unpaired) electrons. The molecular weight excluding hydrogens is 696 g/mol. The molecule has 54 heavy (non-hydrogen) atoms. The molecule has 0 aliphatic heterocycles. The number of ether oxygens (including phenoxy) is 6. The number of ketones is 2. The molecule has 4 aromatic carbocycles. The van der Waals surface area contributed by atoms with E-state index < -0.39 is 48.9 Å². The Hall–Kier alpha value is -5.98. The van der Waals surface area contributed by atoms with Crippen molar-refractivity contribution in [2.24, 2.45) is 0 Å². The van der Waals surface area contributed by atoms with Gasteiger partial charge in [0, 0.05) is 22.3 Å². The maximum atomic E-state index is 12.8. The SMILES string of the molecule is C[C@H](C(=O)OCCOCC(=O)OCCOC(=O)COCCOC(=O)[C@H](C)c1cccc(C(=O)c2ccccc2)c1)c1cccc(C(=O)c2ccccc2)c1. The van der Waals surface area contributed by atoms with Gasteiger partial charge in [-0.15, -0.1) is 0 Å². The molecule has 0 amide bonds. The van der Waals surface area contributed by atoms with Gasteiger partial charge in [0.15, 0.2) is 11.6 Å². The highest BCUT2D eigenvalue weighted by molar-refractivity contribution is 6.09. The average molecular weight is 739 g/mol. The van der Waals surface area contributed by atoms with Crippen LogP contribution >= 0.6 is 0 Å². The van der Waals surface area contributed by atoms with E-state index in [2.05, 4.69) is 0 Å². The molecule has 0 fully saturated rings. The lowest BCUT2D eigenvalue weighted by atomic mass is 9.96. The molecule has 0 saturated carbocycles. The summed E-state index contributed by atoms with van der Waals surface area (Å²) in [7, 11) is 0. The largest absolute Gasteiger partial charge is 0.463 e. The van der Waals surface area contributed by atoms with Crippen molar-refractivity contribution in [1.29, 1.82) is 0 Å². The summed E-state index contributed by atoms with van der Waals surface area (Å²) >= 11 is 0. The molecule has 0 heterocycles. The lowest BCUT2D eigenvalue weighted by Crippen LogP contribution is -2.22. The minimum atomic E-state index is -0.701. The zero-order valence-corrected chi connectivity index (χ0v) is 30.1. The second-order valence-corrected chi connectivity index (χ2v) is 12.0. The molecule has 12 heteroatoms. The highest BCUT2D eigenvalue weighted by Crippen LogP contribution is 2.21. The first-order valence-electron chi connectivity index (χ1n) is 17.3. The fraction of sp³-hybridized carbons (Fsp3) is 0.286. The van der Waals surface area contributed by atoms with E-state index >= 15 is 0 Å². The maximum absolute atomic E-state index is 12.8. The molecule has 4 rings (SSSR count). The van der Waals surface area contributed by atoms with E-state index in [1.165, 1.54) is 0 Å². The standard InChI is InChI=1S/C42H42O12/c1-29(33-15-9-17-35(25-33)39(45)31-11-5-3-6-12-31)41(47)53-21-19-49-27-37(43)51-23-24-52-38(44)28-50-20-22-54-42(48)30(2)34-16-10-18-36(26-34)40(46)32-13-7-4-8-14-32/h3-18,25-26,29-30H,19-24,27-28H2,1-2H3/t29-,30+. The highest BCUT2D eigenvalue weighted by atomic mass is 16.6. The summed E-state index contributed by atoms with van der Waals surface area (Å²) in [6.45, 7) is 1.83. The van der Waals surface area contributed by atoms with Gasteiger partial charge < -0.3 is 28.4 Å². The third-order valence-electron chi connectivity index (χ3n) is 8.07. The highest BCUT2D eigenvalue weighted by Gasteiger charge is 2.20. The Bertz CT molecular complexity index is 1740. The molecule has 0 aromatic heterocycles. The van der Waals surface area contributed by atoms with Crippen LogP contribution in [0.5, 0.6) is 0 Å². The van der Waals surface area contributed by atoms with Crippen LogP contribution < -0.4 is 0 Å². The van der Waals surface area contributed by atoms with Gasteiger partial charge in [0.1, 0.15) is 39.6 Å². The monoisotopic (exact) mass is 738 g/mol. The summed E-state index contributed by atoms with van der Waals surface area (Å²) in [6, 6.07) is 31.3. The van der Waals surface area contributed by atoms with E-state index in [0.717, 1.165) is 0 Å². The first kappa shape index (κ1) is 40.8. The number of rotatable bonds is 21. The average Bonchev–Trinajstić information content (AvgIpc) is 3.21. The number of benzene rings is 4. The third kappa shape index (κ3) is 12.9. The van der Waals surface area contributed by atoms with Crippen LogP contribution in [0.3, 0.4) is 0 Å². The van der Waals surface area contributed by atoms with E-state index in [9.17, 15) is 28.8 Å². The second-order valence-electron chi connectivity index (χ2n) is 12.0. The Morgan fingerprint density at radius 1 is 0.426 bits per heavy atom. The van der Waals surface area contributed by atoms with E-state index in [1.54, 1.807) is 111 Å². The van der Waals surface area contributed by atoms with Crippen LogP contribution in [0.4, 0.5) is 0 Å². The van der Waals surface area contributed by atoms with Crippen LogP contribution in [0.2, 0.25) is 0 Å². The molecule has 12 nitrogen and oxygen atoms in total. The van der Waals surface area contributed by atoms with Crippen LogP contribution in [0.15, 0.2) is 109 Å². The molecule has 0 bridgehead atoms. The molecule has 282 valence electrons. The molecule has 0 unspecified atom stereocenters. The van der Waals surface area contributed by atoms with E-state index in [0.29, 0.717) is 33.4 Å². The van der Waals surface area contributed by atoms with E-state index in [-0.39, 0.29) is 51.2 Å². The Balaban J connectivity index is 1.01. The summed E-state index contributed by atoms with van der Waals surface area (Å²) in [4.78, 5) is 74.4. The molecule has 0 saturated heterocycles. The van der Waals surface area contributed by atoms with E-state index in [1.807, 2.05) is 12.1 Å². The van der Waals surface area contributed by atoms with Gasteiger partial charge in [0.05, 0.1) is 25.0 Å². The Morgan fingerprint density at radius 2 is 0.778 bits per heavy atom. The van der Waals surface area contributed by atoms with Gasteiger partial charge in [0.25, 0.3) is 0 Å². The van der Waals surface area contributed by atoms with Crippen molar-refractivity contribution in [2.45, 2.75) is 25.7 Å². The predicted molar refractivity (Wildman–Crippen MR) is 195 cm³/mol. The molecule has 0 spiro atoms. The normalized spacial score (nSPS) is 11.8. The Labute approximate surface area is 313 Å². The van der Waals surface area contributed by atoms with Gasteiger partial charge in [0.2, 0.25) is 0 Å². The van der Waals surface area contributed by atoms with Crippen LogP contribution in [0, 0.1) is 0 Å². The number of hydrogen-bond donors (Lipinski definition) is 0. The smallest absolute Gasteiger partial charge is 0.332 e. The fourth-order valence-corrected chi connectivity index (χ4v) is 5.04. The zero-order chi connectivity index (χ0) is 38.7. The molecule has 0 N–H and O–H groups in total. The number of carbonyl (C=O) groups excluding carboxylic acids is 6. The first-order valence-corrected chi connectivity index (χ1v) is 17.3. The molecule has 4 aromatic rings. The Kier molecular flexibility index (Phi) is 16.3. The topological polar surface area (TPSA) is 158 Å². The number of hydrogen-bond acceptors (Lipinski definition) is 12. The van der Waals surface area contributed by atoms with Crippen LogP contribution in [-0.2, 0) is 47.6 Å². The van der Waals surface area contributed by atoms with Crippen molar-refractivity contribution in [1.82, 2.24) is 0 Å². The van der Waals surface area contributed by atoms with Gasteiger partial charge in [-0.3, -0.25) is 19.2 Å². The van der Waals surface area contributed by atoms with E-state index in [4.69, 9.17) is 28.4 Å². The van der Waals surface area contributed by atoms with Crippen LogP contribution in [0.1, 0.15) is 68.7 Å². The summed E-state index contributed by atoms with van der Waals surface area (Å²) < 4.78 is 30.8. The van der Waals surface area contributed by atoms with Crippen molar-refractivity contribution in [3.05, 3.63) is 143 Å². The third-order valence-corrected chi connectivity index (χ3v) is 8.07. The Morgan fingerprint density at radius 3 is 1.17 bits per heavy atom. The maximum Gasteiger partial charge on any atom is 0.332 e. The number of esters is 4. The quantitative estimate of drug-likeness (QED) is 0.0473. The van der Waals surface area contributed by atoms with Crippen molar-refractivity contribution in [3.63, 3.8) is 0 Å². The predicted octanol–water partition coefficient (Wildman–Crippen LogP) is 5.26. The minimum absolute atomic E-state index is 0.0520. The fourth-order valence-electron chi connectivity index (χ4n) is 5.04. The molecule has 2 atom stereocenters. The molecular formula is C42H42O12. The summed E-state index contributed by atoms with van der Waals surface area (Å²) in [5.74, 6) is -3.99.